The van der Waals surface area contributed by atoms with Crippen LogP contribution in [0.4, 0.5) is 8.78 Å². The Kier molecular flexibility index (Phi) is 3.55. The zero-order valence-corrected chi connectivity index (χ0v) is 8.00. The van der Waals surface area contributed by atoms with Crippen LogP contribution in [0.2, 0.25) is 0 Å². The van der Waals surface area contributed by atoms with Crippen LogP contribution < -0.4 is 11.5 Å². The van der Waals surface area contributed by atoms with Gasteiger partial charge in [0.05, 0.1) is 0 Å². The van der Waals surface area contributed by atoms with Crippen molar-refractivity contribution in [3.05, 3.63) is 35.4 Å². The van der Waals surface area contributed by atoms with Gasteiger partial charge in [-0.1, -0.05) is 19.1 Å². The molecule has 14 heavy (non-hydrogen) atoms. The molecule has 4 heteroatoms. The predicted octanol–water partition coefficient (Wildman–Crippen LogP) is 1.70. The molecule has 0 bridgehead atoms. The van der Waals surface area contributed by atoms with E-state index < -0.39 is 17.7 Å². The smallest absolute Gasteiger partial charge is 0.163 e. The minimum atomic E-state index is -0.899. The standard InChI is InChI=1S/C10H14F2N2/c1-2-8(13)10(14)6-4-3-5-7(11)9(6)12/h3-5,8,10H,2,13-14H2,1H3. The molecular formula is C10H14F2N2. The molecule has 2 unspecified atom stereocenters. The first kappa shape index (κ1) is 11.1. The van der Waals surface area contributed by atoms with Crippen LogP contribution >= 0.6 is 0 Å². The van der Waals surface area contributed by atoms with Crippen molar-refractivity contribution in [3.63, 3.8) is 0 Å². The Labute approximate surface area is 81.9 Å². The maximum absolute atomic E-state index is 13.2. The lowest BCUT2D eigenvalue weighted by Crippen LogP contribution is -2.34. The summed E-state index contributed by atoms with van der Waals surface area (Å²) in [5, 5.41) is 0. The van der Waals surface area contributed by atoms with E-state index in [1.165, 1.54) is 12.1 Å². The van der Waals surface area contributed by atoms with E-state index in [1.807, 2.05) is 6.92 Å². The highest BCUT2D eigenvalue weighted by atomic mass is 19.2. The molecule has 0 spiro atoms. The van der Waals surface area contributed by atoms with Crippen molar-refractivity contribution in [1.82, 2.24) is 0 Å². The molecule has 0 saturated heterocycles. The van der Waals surface area contributed by atoms with Crippen molar-refractivity contribution in [2.45, 2.75) is 25.4 Å². The van der Waals surface area contributed by atoms with Gasteiger partial charge in [-0.15, -0.1) is 0 Å². The van der Waals surface area contributed by atoms with E-state index >= 15 is 0 Å². The normalized spacial score (nSPS) is 15.2. The highest BCUT2D eigenvalue weighted by molar-refractivity contribution is 5.23. The average molecular weight is 200 g/mol. The molecule has 0 aliphatic heterocycles. The molecule has 0 radical (unpaired) electrons. The lowest BCUT2D eigenvalue weighted by Gasteiger charge is -2.19. The van der Waals surface area contributed by atoms with Gasteiger partial charge in [0.2, 0.25) is 0 Å². The van der Waals surface area contributed by atoms with Gasteiger partial charge in [-0.2, -0.15) is 0 Å². The fraction of sp³-hybridized carbons (Fsp3) is 0.400. The lowest BCUT2D eigenvalue weighted by atomic mass is 9.98. The molecule has 0 fully saturated rings. The van der Waals surface area contributed by atoms with Gasteiger partial charge in [-0.25, -0.2) is 8.78 Å². The molecule has 2 nitrogen and oxygen atoms in total. The predicted molar refractivity (Wildman–Crippen MR) is 51.6 cm³/mol. The van der Waals surface area contributed by atoms with Crippen LogP contribution in [-0.2, 0) is 0 Å². The summed E-state index contributed by atoms with van der Waals surface area (Å²) in [6.07, 6.45) is 0.622. The Balaban J connectivity index is 3.01. The molecule has 2 atom stereocenters. The van der Waals surface area contributed by atoms with Gasteiger partial charge in [-0.05, 0) is 12.5 Å². The Morgan fingerprint density at radius 2 is 1.93 bits per heavy atom. The van der Waals surface area contributed by atoms with Crippen LogP contribution in [0, 0.1) is 11.6 Å². The van der Waals surface area contributed by atoms with Crippen LogP contribution in [-0.4, -0.2) is 6.04 Å². The first-order valence-electron chi connectivity index (χ1n) is 4.53. The summed E-state index contributed by atoms with van der Waals surface area (Å²) in [7, 11) is 0. The van der Waals surface area contributed by atoms with Crippen molar-refractivity contribution < 1.29 is 8.78 Å². The van der Waals surface area contributed by atoms with Crippen LogP contribution in [0.1, 0.15) is 24.9 Å². The fourth-order valence-electron chi connectivity index (χ4n) is 1.26. The molecule has 0 saturated carbocycles. The summed E-state index contributed by atoms with van der Waals surface area (Å²) >= 11 is 0. The summed E-state index contributed by atoms with van der Waals surface area (Å²) in [5.74, 6) is -1.79. The summed E-state index contributed by atoms with van der Waals surface area (Å²) < 4.78 is 26.1. The van der Waals surface area contributed by atoms with E-state index in [9.17, 15) is 8.78 Å². The minimum Gasteiger partial charge on any atom is -0.326 e. The molecule has 4 N–H and O–H groups in total. The molecule has 0 aromatic heterocycles. The number of halogens is 2. The monoisotopic (exact) mass is 200 g/mol. The lowest BCUT2D eigenvalue weighted by molar-refractivity contribution is 0.463. The second-order valence-electron chi connectivity index (χ2n) is 3.24. The van der Waals surface area contributed by atoms with Gasteiger partial charge >= 0.3 is 0 Å². The quantitative estimate of drug-likeness (QED) is 0.780. The minimum absolute atomic E-state index is 0.138. The molecule has 0 amide bonds. The van der Waals surface area contributed by atoms with Crippen molar-refractivity contribution in [2.75, 3.05) is 0 Å². The van der Waals surface area contributed by atoms with Crippen LogP contribution in [0.5, 0.6) is 0 Å². The second-order valence-corrected chi connectivity index (χ2v) is 3.24. The SMILES string of the molecule is CCC(N)C(N)c1cccc(F)c1F. The zero-order valence-electron chi connectivity index (χ0n) is 8.00. The molecule has 1 aromatic rings. The fourth-order valence-corrected chi connectivity index (χ4v) is 1.26. The number of nitrogens with two attached hydrogens (primary N) is 2. The van der Waals surface area contributed by atoms with Crippen molar-refractivity contribution >= 4 is 0 Å². The summed E-state index contributed by atoms with van der Waals surface area (Å²) in [5.41, 5.74) is 11.5. The van der Waals surface area contributed by atoms with Crippen molar-refractivity contribution in [3.8, 4) is 0 Å². The molecule has 78 valence electrons. The molecular weight excluding hydrogens is 186 g/mol. The van der Waals surface area contributed by atoms with Gasteiger partial charge in [0.15, 0.2) is 11.6 Å². The third-order valence-corrected chi connectivity index (χ3v) is 2.27. The third kappa shape index (κ3) is 2.08. The number of rotatable bonds is 3. The van der Waals surface area contributed by atoms with E-state index in [4.69, 9.17) is 11.5 Å². The highest BCUT2D eigenvalue weighted by Crippen LogP contribution is 2.20. The molecule has 1 rings (SSSR count). The number of hydrogen-bond donors (Lipinski definition) is 2. The van der Waals surface area contributed by atoms with E-state index in [0.29, 0.717) is 6.42 Å². The van der Waals surface area contributed by atoms with E-state index in [-0.39, 0.29) is 11.6 Å². The van der Waals surface area contributed by atoms with E-state index in [2.05, 4.69) is 0 Å². The first-order chi connectivity index (χ1) is 6.57. The maximum atomic E-state index is 13.2. The molecule has 1 aromatic carbocycles. The maximum Gasteiger partial charge on any atom is 0.163 e. The van der Waals surface area contributed by atoms with Crippen LogP contribution in [0.15, 0.2) is 18.2 Å². The Bertz CT molecular complexity index is 315. The topological polar surface area (TPSA) is 52.0 Å². The van der Waals surface area contributed by atoms with Crippen molar-refractivity contribution in [1.29, 1.82) is 0 Å². The number of benzene rings is 1. The molecule has 0 aliphatic rings. The van der Waals surface area contributed by atoms with E-state index in [1.54, 1.807) is 0 Å². The summed E-state index contributed by atoms with van der Waals surface area (Å²) in [4.78, 5) is 0. The van der Waals surface area contributed by atoms with Crippen LogP contribution in [0.25, 0.3) is 0 Å². The second kappa shape index (κ2) is 4.48. The third-order valence-electron chi connectivity index (χ3n) is 2.27. The van der Waals surface area contributed by atoms with Crippen LogP contribution in [0.3, 0.4) is 0 Å². The summed E-state index contributed by atoms with van der Waals surface area (Å²) in [6, 6.07) is 2.93. The van der Waals surface area contributed by atoms with Gasteiger partial charge < -0.3 is 11.5 Å². The van der Waals surface area contributed by atoms with Gasteiger partial charge in [0, 0.05) is 17.6 Å². The molecule has 0 heterocycles. The Morgan fingerprint density at radius 3 is 2.50 bits per heavy atom. The highest BCUT2D eigenvalue weighted by Gasteiger charge is 2.19. The summed E-state index contributed by atoms with van der Waals surface area (Å²) in [6.45, 7) is 1.85. The van der Waals surface area contributed by atoms with Gasteiger partial charge in [-0.3, -0.25) is 0 Å². The Hall–Kier alpha value is -1.00. The first-order valence-corrected chi connectivity index (χ1v) is 4.53. The average Bonchev–Trinajstić information content (AvgIpc) is 2.20. The molecule has 0 aliphatic carbocycles. The zero-order chi connectivity index (χ0) is 10.7. The van der Waals surface area contributed by atoms with Gasteiger partial charge in [0.25, 0.3) is 0 Å². The number of hydrogen-bond acceptors (Lipinski definition) is 2. The van der Waals surface area contributed by atoms with Crippen molar-refractivity contribution in [2.24, 2.45) is 11.5 Å². The van der Waals surface area contributed by atoms with E-state index in [0.717, 1.165) is 6.07 Å². The van der Waals surface area contributed by atoms with Gasteiger partial charge in [0.1, 0.15) is 0 Å². The Morgan fingerprint density at radius 1 is 1.29 bits per heavy atom. The largest absolute Gasteiger partial charge is 0.326 e.